The van der Waals surface area contributed by atoms with Gasteiger partial charge < -0.3 is 14.7 Å². The van der Waals surface area contributed by atoms with Crippen LogP contribution >= 0.6 is 0 Å². The number of nitrogens with zero attached hydrogens (tertiary/aromatic N) is 2. The van der Waals surface area contributed by atoms with Gasteiger partial charge in [0.05, 0.1) is 12.8 Å². The lowest BCUT2D eigenvalue weighted by Gasteiger charge is -1.96. The second kappa shape index (κ2) is 5.31. The van der Waals surface area contributed by atoms with Crippen LogP contribution in [0.15, 0.2) is 28.8 Å². The lowest BCUT2D eigenvalue weighted by Crippen LogP contribution is -1.99. The van der Waals surface area contributed by atoms with Gasteiger partial charge in [0.15, 0.2) is 5.82 Å². The van der Waals surface area contributed by atoms with Gasteiger partial charge in [-0.1, -0.05) is 17.3 Å². The maximum absolute atomic E-state index is 10.4. The molecule has 0 unspecified atom stereocenters. The molecular formula is C12H12N2O4. The van der Waals surface area contributed by atoms with E-state index in [1.165, 1.54) is 0 Å². The number of aliphatic carboxylic acids is 1. The summed E-state index contributed by atoms with van der Waals surface area (Å²) in [5.74, 6) is 0.0704. The van der Waals surface area contributed by atoms with E-state index in [0.29, 0.717) is 18.1 Å². The summed E-state index contributed by atoms with van der Waals surface area (Å²) < 4.78 is 5.01. The van der Waals surface area contributed by atoms with E-state index in [-0.39, 0.29) is 18.6 Å². The molecule has 2 rings (SSSR count). The second-order valence-corrected chi connectivity index (χ2v) is 3.84. The molecule has 0 saturated heterocycles. The number of benzene rings is 1. The fraction of sp³-hybridized carbons (Fsp3) is 0.250. The Bertz CT molecular complexity index is 551. The number of phenolic OH excluding ortho intramolecular Hbond substituents is 1. The molecule has 1 aromatic carbocycles. The van der Waals surface area contributed by atoms with Crippen LogP contribution in [0.5, 0.6) is 5.75 Å². The molecule has 0 aliphatic heterocycles. The molecule has 6 heteroatoms. The van der Waals surface area contributed by atoms with Gasteiger partial charge in [0.25, 0.3) is 0 Å². The Labute approximate surface area is 103 Å². The van der Waals surface area contributed by atoms with Crippen molar-refractivity contribution in [3.05, 3.63) is 41.5 Å². The number of hydrogen-bond donors (Lipinski definition) is 2. The van der Waals surface area contributed by atoms with Crippen molar-refractivity contribution in [3.63, 3.8) is 0 Å². The van der Waals surface area contributed by atoms with E-state index in [1.807, 2.05) is 6.07 Å². The quantitative estimate of drug-likeness (QED) is 0.829. The first kappa shape index (κ1) is 12.1. The number of aromatic nitrogens is 2. The summed E-state index contributed by atoms with van der Waals surface area (Å²) in [7, 11) is 0. The maximum atomic E-state index is 10.4. The Kier molecular flexibility index (Phi) is 3.57. The number of carboxylic acid groups (broad SMARTS) is 1. The molecule has 2 N–H and O–H groups in total. The van der Waals surface area contributed by atoms with Crippen LogP contribution in [0.2, 0.25) is 0 Å². The van der Waals surface area contributed by atoms with Gasteiger partial charge in [-0.25, -0.2) is 0 Å². The summed E-state index contributed by atoms with van der Waals surface area (Å²) in [6.45, 7) is 0. The minimum Gasteiger partial charge on any atom is -0.508 e. The topological polar surface area (TPSA) is 96.5 Å². The van der Waals surface area contributed by atoms with Crippen molar-refractivity contribution in [1.29, 1.82) is 0 Å². The highest BCUT2D eigenvalue weighted by Gasteiger charge is 2.09. The Morgan fingerprint density at radius 3 is 2.94 bits per heavy atom. The van der Waals surface area contributed by atoms with Crippen LogP contribution in [-0.2, 0) is 17.6 Å². The minimum absolute atomic E-state index is 0.0227. The number of hydrogen-bond acceptors (Lipinski definition) is 5. The van der Waals surface area contributed by atoms with E-state index in [4.69, 9.17) is 9.63 Å². The molecule has 0 saturated carbocycles. The van der Waals surface area contributed by atoms with Crippen LogP contribution < -0.4 is 0 Å². The molecule has 0 fully saturated rings. The van der Waals surface area contributed by atoms with E-state index >= 15 is 0 Å². The van der Waals surface area contributed by atoms with E-state index in [9.17, 15) is 9.90 Å². The molecule has 0 aliphatic rings. The van der Waals surface area contributed by atoms with Crippen molar-refractivity contribution >= 4 is 5.97 Å². The van der Waals surface area contributed by atoms with Crippen LogP contribution in [-0.4, -0.2) is 26.3 Å². The number of aryl methyl sites for hydroxylation is 1. The van der Waals surface area contributed by atoms with E-state index in [1.54, 1.807) is 18.2 Å². The van der Waals surface area contributed by atoms with Crippen molar-refractivity contribution in [2.75, 3.05) is 0 Å². The van der Waals surface area contributed by atoms with Gasteiger partial charge in [-0.05, 0) is 17.7 Å². The van der Waals surface area contributed by atoms with Gasteiger partial charge in [-0.2, -0.15) is 4.98 Å². The monoisotopic (exact) mass is 248 g/mol. The third-order valence-corrected chi connectivity index (χ3v) is 2.34. The van der Waals surface area contributed by atoms with Crippen molar-refractivity contribution < 1.29 is 19.5 Å². The van der Waals surface area contributed by atoms with Gasteiger partial charge >= 0.3 is 5.97 Å². The van der Waals surface area contributed by atoms with E-state index in [0.717, 1.165) is 5.56 Å². The molecule has 18 heavy (non-hydrogen) atoms. The molecular weight excluding hydrogens is 236 g/mol. The molecule has 2 aromatic rings. The summed E-state index contributed by atoms with van der Waals surface area (Å²) in [6, 6.07) is 6.75. The molecule has 1 aromatic heterocycles. The normalized spacial score (nSPS) is 10.4. The van der Waals surface area contributed by atoms with Crippen LogP contribution in [0.25, 0.3) is 0 Å². The fourth-order valence-corrected chi connectivity index (χ4v) is 1.52. The Hall–Kier alpha value is -2.37. The first-order valence-electron chi connectivity index (χ1n) is 5.44. The highest BCUT2D eigenvalue weighted by Crippen LogP contribution is 2.14. The third kappa shape index (κ3) is 3.31. The smallest absolute Gasteiger partial charge is 0.303 e. The average Bonchev–Trinajstić information content (AvgIpc) is 2.74. The van der Waals surface area contributed by atoms with Crippen LogP contribution in [0.3, 0.4) is 0 Å². The SMILES string of the molecule is O=C(O)CCc1noc(Cc2cccc(O)c2)n1. The van der Waals surface area contributed by atoms with E-state index in [2.05, 4.69) is 10.1 Å². The van der Waals surface area contributed by atoms with Gasteiger partial charge in [0.2, 0.25) is 5.89 Å². The first-order chi connectivity index (χ1) is 8.63. The first-order valence-corrected chi connectivity index (χ1v) is 5.44. The predicted octanol–water partition coefficient (Wildman–Crippen LogP) is 1.38. The van der Waals surface area contributed by atoms with Crippen molar-refractivity contribution in [2.45, 2.75) is 19.3 Å². The van der Waals surface area contributed by atoms with Gasteiger partial charge in [0.1, 0.15) is 5.75 Å². The zero-order valence-electron chi connectivity index (χ0n) is 9.54. The lowest BCUT2D eigenvalue weighted by atomic mass is 10.1. The van der Waals surface area contributed by atoms with Gasteiger partial charge in [-0.3, -0.25) is 4.79 Å². The summed E-state index contributed by atoms with van der Waals surface area (Å²) in [5.41, 5.74) is 0.850. The zero-order chi connectivity index (χ0) is 13.0. The maximum Gasteiger partial charge on any atom is 0.303 e. The molecule has 0 atom stereocenters. The standard InChI is InChI=1S/C12H12N2O4/c15-9-3-1-2-8(6-9)7-11-13-10(14-18-11)4-5-12(16)17/h1-3,6,15H,4-5,7H2,(H,16,17). The number of phenols is 1. The van der Waals surface area contributed by atoms with Crippen LogP contribution in [0.1, 0.15) is 23.7 Å². The Morgan fingerprint density at radius 1 is 1.39 bits per heavy atom. The van der Waals surface area contributed by atoms with Crippen LogP contribution in [0.4, 0.5) is 0 Å². The van der Waals surface area contributed by atoms with Crippen molar-refractivity contribution in [1.82, 2.24) is 10.1 Å². The molecule has 0 spiro atoms. The predicted molar refractivity (Wildman–Crippen MR) is 61.2 cm³/mol. The number of aromatic hydroxyl groups is 1. The Morgan fingerprint density at radius 2 is 2.22 bits per heavy atom. The van der Waals surface area contributed by atoms with Gasteiger partial charge in [-0.15, -0.1) is 0 Å². The lowest BCUT2D eigenvalue weighted by molar-refractivity contribution is -0.137. The highest BCUT2D eigenvalue weighted by atomic mass is 16.5. The van der Waals surface area contributed by atoms with Gasteiger partial charge in [0, 0.05) is 6.42 Å². The summed E-state index contributed by atoms with van der Waals surface area (Å²) in [6.07, 6.45) is 0.637. The van der Waals surface area contributed by atoms with Crippen molar-refractivity contribution in [2.24, 2.45) is 0 Å². The molecule has 6 nitrogen and oxygen atoms in total. The molecule has 0 bridgehead atoms. The number of carbonyl (C=O) groups is 1. The highest BCUT2D eigenvalue weighted by molar-refractivity contribution is 5.66. The number of carboxylic acids is 1. The second-order valence-electron chi connectivity index (χ2n) is 3.84. The average molecular weight is 248 g/mol. The van der Waals surface area contributed by atoms with Crippen LogP contribution in [0, 0.1) is 0 Å². The fourth-order valence-electron chi connectivity index (χ4n) is 1.52. The molecule has 0 radical (unpaired) electrons. The third-order valence-electron chi connectivity index (χ3n) is 2.34. The molecule has 94 valence electrons. The summed E-state index contributed by atoms with van der Waals surface area (Å²) >= 11 is 0. The zero-order valence-corrected chi connectivity index (χ0v) is 9.54. The summed E-state index contributed by atoms with van der Waals surface area (Å²) in [5, 5.41) is 21.5. The number of rotatable bonds is 5. The molecule has 0 aliphatic carbocycles. The largest absolute Gasteiger partial charge is 0.508 e. The summed E-state index contributed by atoms with van der Waals surface area (Å²) in [4.78, 5) is 14.5. The molecule has 0 amide bonds. The van der Waals surface area contributed by atoms with Crippen molar-refractivity contribution in [3.8, 4) is 5.75 Å². The Balaban J connectivity index is 2.00. The van der Waals surface area contributed by atoms with E-state index < -0.39 is 5.97 Å². The molecule has 1 heterocycles. The minimum atomic E-state index is -0.894.